The van der Waals surface area contributed by atoms with Gasteiger partial charge in [-0.15, -0.1) is 0 Å². The van der Waals surface area contributed by atoms with E-state index in [-0.39, 0.29) is 31.9 Å². The van der Waals surface area contributed by atoms with Gasteiger partial charge in [0.25, 0.3) is 5.91 Å². The summed E-state index contributed by atoms with van der Waals surface area (Å²) in [6, 6.07) is 6.64. The van der Waals surface area contributed by atoms with E-state index in [9.17, 15) is 27.5 Å². The molecule has 6 nitrogen and oxygen atoms in total. The number of β-amino-alcohol motifs (C(OH)–C–C–N with tert-alkyl or cyclic N) is 1. The van der Waals surface area contributed by atoms with E-state index in [1.54, 1.807) is 0 Å². The number of ether oxygens (including phenoxy) is 1. The van der Waals surface area contributed by atoms with Gasteiger partial charge in [-0.25, -0.2) is 9.37 Å². The van der Waals surface area contributed by atoms with Crippen LogP contribution in [-0.2, 0) is 11.0 Å². The minimum Gasteiger partial charge on any atom is -0.484 e. The number of aliphatic hydroxyl groups is 1. The van der Waals surface area contributed by atoms with Crippen LogP contribution in [0.25, 0.3) is 0 Å². The van der Waals surface area contributed by atoms with Crippen molar-refractivity contribution in [2.24, 2.45) is 0 Å². The smallest absolute Gasteiger partial charge is 0.419 e. The van der Waals surface area contributed by atoms with Gasteiger partial charge in [0.2, 0.25) is 0 Å². The number of hydrogen-bond donors (Lipinski definition) is 2. The first kappa shape index (κ1) is 20.8. The lowest BCUT2D eigenvalue weighted by atomic mass is 10.0. The van der Waals surface area contributed by atoms with E-state index in [2.05, 4.69) is 10.3 Å². The molecule has 1 aromatic heterocycles. The van der Waals surface area contributed by atoms with Gasteiger partial charge >= 0.3 is 6.18 Å². The molecule has 1 saturated heterocycles. The molecule has 0 aliphatic carbocycles. The largest absolute Gasteiger partial charge is 0.484 e. The Hall–Kier alpha value is -2.88. The SMILES string of the molecule is O=C(COc1ccc(F)cc1)N[C@H]1C[C@@H](O)CN(c2ncccc2C(F)(F)F)C1. The maximum atomic E-state index is 13.3. The van der Waals surface area contributed by atoms with Crippen LogP contribution in [0.4, 0.5) is 23.4 Å². The third-order valence-corrected chi connectivity index (χ3v) is 4.37. The van der Waals surface area contributed by atoms with Crippen LogP contribution in [0.3, 0.4) is 0 Å². The van der Waals surface area contributed by atoms with Crippen LogP contribution in [0.2, 0.25) is 0 Å². The summed E-state index contributed by atoms with van der Waals surface area (Å²) in [4.78, 5) is 17.3. The summed E-state index contributed by atoms with van der Waals surface area (Å²) in [6.45, 7) is -0.326. The molecule has 0 bridgehead atoms. The topological polar surface area (TPSA) is 74.7 Å². The van der Waals surface area contributed by atoms with Crippen LogP contribution in [0.15, 0.2) is 42.6 Å². The number of nitrogens with zero attached hydrogens (tertiary/aromatic N) is 2. The molecule has 2 heterocycles. The Morgan fingerprint density at radius 1 is 1.24 bits per heavy atom. The van der Waals surface area contributed by atoms with E-state index >= 15 is 0 Å². The number of amides is 1. The number of carbonyl (C=O) groups is 1. The van der Waals surface area contributed by atoms with Gasteiger partial charge < -0.3 is 20.1 Å². The Morgan fingerprint density at radius 3 is 2.66 bits per heavy atom. The number of anilines is 1. The molecule has 1 aliphatic heterocycles. The molecule has 0 saturated carbocycles. The third-order valence-electron chi connectivity index (χ3n) is 4.37. The van der Waals surface area contributed by atoms with Gasteiger partial charge in [0.05, 0.1) is 11.7 Å². The summed E-state index contributed by atoms with van der Waals surface area (Å²) in [6.07, 6.45) is -4.09. The molecule has 1 aliphatic rings. The molecule has 1 fully saturated rings. The summed E-state index contributed by atoms with van der Waals surface area (Å²) in [5.41, 5.74) is -0.904. The first-order chi connectivity index (χ1) is 13.7. The quantitative estimate of drug-likeness (QED) is 0.737. The Labute approximate surface area is 164 Å². The number of aromatic nitrogens is 1. The fourth-order valence-corrected chi connectivity index (χ4v) is 3.17. The molecule has 0 spiro atoms. The predicted molar refractivity (Wildman–Crippen MR) is 95.9 cm³/mol. The van der Waals surface area contributed by atoms with Gasteiger partial charge in [-0.05, 0) is 42.8 Å². The molecule has 2 atom stereocenters. The van der Waals surface area contributed by atoms with E-state index < -0.39 is 35.6 Å². The zero-order valence-corrected chi connectivity index (χ0v) is 15.2. The molecular formula is C19H19F4N3O3. The number of pyridine rings is 1. The van der Waals surface area contributed by atoms with E-state index in [4.69, 9.17) is 4.74 Å². The normalized spacial score (nSPS) is 19.7. The number of halogens is 4. The first-order valence-corrected chi connectivity index (χ1v) is 8.85. The number of aliphatic hydroxyl groups excluding tert-OH is 1. The average Bonchev–Trinajstić information content (AvgIpc) is 2.66. The summed E-state index contributed by atoms with van der Waals surface area (Å²) < 4.78 is 57.9. The molecule has 0 unspecified atom stereocenters. The van der Waals surface area contributed by atoms with Crippen molar-refractivity contribution in [3.05, 3.63) is 54.0 Å². The lowest BCUT2D eigenvalue weighted by Crippen LogP contribution is -2.54. The number of carbonyl (C=O) groups excluding carboxylic acids is 1. The number of nitrogens with one attached hydrogen (secondary N) is 1. The van der Waals surface area contributed by atoms with Crippen molar-refractivity contribution in [3.8, 4) is 5.75 Å². The highest BCUT2D eigenvalue weighted by atomic mass is 19.4. The van der Waals surface area contributed by atoms with Crippen molar-refractivity contribution in [1.29, 1.82) is 0 Å². The van der Waals surface area contributed by atoms with E-state index in [0.29, 0.717) is 5.75 Å². The molecule has 2 aromatic rings. The van der Waals surface area contributed by atoms with Crippen molar-refractivity contribution in [2.75, 3.05) is 24.6 Å². The first-order valence-electron chi connectivity index (χ1n) is 8.85. The van der Waals surface area contributed by atoms with Gasteiger partial charge in [-0.3, -0.25) is 4.79 Å². The van der Waals surface area contributed by atoms with Crippen molar-refractivity contribution in [1.82, 2.24) is 10.3 Å². The fraction of sp³-hybridized carbons (Fsp3) is 0.368. The molecule has 10 heteroatoms. The van der Waals surface area contributed by atoms with Crippen LogP contribution in [0, 0.1) is 5.82 Å². The van der Waals surface area contributed by atoms with Crippen LogP contribution < -0.4 is 15.0 Å². The van der Waals surface area contributed by atoms with Crippen LogP contribution in [0.1, 0.15) is 12.0 Å². The van der Waals surface area contributed by atoms with Gasteiger partial charge in [-0.2, -0.15) is 13.2 Å². The number of benzene rings is 1. The Balaban J connectivity index is 1.63. The second kappa shape index (κ2) is 8.64. The summed E-state index contributed by atoms with van der Waals surface area (Å²) in [5, 5.41) is 12.7. The highest BCUT2D eigenvalue weighted by Gasteiger charge is 2.37. The minimum atomic E-state index is -4.59. The van der Waals surface area contributed by atoms with Crippen molar-refractivity contribution in [3.63, 3.8) is 0 Å². The highest BCUT2D eigenvalue weighted by molar-refractivity contribution is 5.78. The lowest BCUT2D eigenvalue weighted by molar-refractivity contribution is -0.137. The molecule has 2 N–H and O–H groups in total. The van der Waals surface area contributed by atoms with E-state index in [0.717, 1.165) is 6.07 Å². The monoisotopic (exact) mass is 413 g/mol. The summed E-state index contributed by atoms with van der Waals surface area (Å²) >= 11 is 0. The van der Waals surface area contributed by atoms with Crippen molar-refractivity contribution in [2.45, 2.75) is 24.7 Å². The number of piperidine rings is 1. The standard InChI is InChI=1S/C19H19F4N3O3/c20-12-3-5-15(6-4-12)29-11-17(28)25-13-8-14(27)10-26(9-13)18-16(19(21,22)23)2-1-7-24-18/h1-7,13-14,27H,8-11H2,(H,25,28)/t13-,14+/m0/s1. The molecule has 29 heavy (non-hydrogen) atoms. The van der Waals surface area contributed by atoms with E-state index in [1.165, 1.54) is 41.4 Å². The predicted octanol–water partition coefficient (Wildman–Crippen LogP) is 2.37. The molecule has 1 aromatic carbocycles. The second-order valence-corrected chi connectivity index (χ2v) is 6.67. The summed E-state index contributed by atoms with van der Waals surface area (Å²) in [5.74, 6) is -0.938. The molecule has 1 amide bonds. The highest BCUT2D eigenvalue weighted by Crippen LogP contribution is 2.35. The van der Waals surface area contributed by atoms with Crippen molar-refractivity contribution < 1.29 is 32.2 Å². The Morgan fingerprint density at radius 2 is 1.97 bits per heavy atom. The maximum absolute atomic E-state index is 13.3. The van der Waals surface area contributed by atoms with Crippen LogP contribution >= 0.6 is 0 Å². The van der Waals surface area contributed by atoms with Crippen LogP contribution in [0.5, 0.6) is 5.75 Å². The Bertz CT molecular complexity index is 845. The molecule has 156 valence electrons. The van der Waals surface area contributed by atoms with Gasteiger partial charge in [0, 0.05) is 25.3 Å². The number of alkyl halides is 3. The van der Waals surface area contributed by atoms with Crippen LogP contribution in [-0.4, -0.2) is 47.8 Å². The zero-order valence-electron chi connectivity index (χ0n) is 15.2. The maximum Gasteiger partial charge on any atom is 0.419 e. The van der Waals surface area contributed by atoms with E-state index in [1.807, 2.05) is 0 Å². The van der Waals surface area contributed by atoms with Crippen molar-refractivity contribution >= 4 is 11.7 Å². The van der Waals surface area contributed by atoms with Gasteiger partial charge in [0.15, 0.2) is 6.61 Å². The Kier molecular flexibility index (Phi) is 6.21. The van der Waals surface area contributed by atoms with Gasteiger partial charge in [0.1, 0.15) is 17.4 Å². The summed E-state index contributed by atoms with van der Waals surface area (Å²) in [7, 11) is 0. The molecule has 0 radical (unpaired) electrons. The fourth-order valence-electron chi connectivity index (χ4n) is 3.17. The molecule has 3 rings (SSSR count). The molecular weight excluding hydrogens is 394 g/mol. The average molecular weight is 413 g/mol. The second-order valence-electron chi connectivity index (χ2n) is 6.67. The number of hydrogen-bond acceptors (Lipinski definition) is 5. The number of rotatable bonds is 5. The third kappa shape index (κ3) is 5.57. The minimum absolute atomic E-state index is 0.0292. The lowest BCUT2D eigenvalue weighted by Gasteiger charge is -2.37. The van der Waals surface area contributed by atoms with Gasteiger partial charge in [-0.1, -0.05) is 0 Å². The zero-order chi connectivity index (χ0) is 21.0.